The summed E-state index contributed by atoms with van der Waals surface area (Å²) in [5.41, 5.74) is 0.508. The van der Waals surface area contributed by atoms with E-state index in [4.69, 9.17) is 11.6 Å². The largest absolute Gasteiger partial charge is 0.429 e. The van der Waals surface area contributed by atoms with E-state index >= 15 is 0 Å². The molecule has 0 aliphatic rings. The molecule has 1 N–H and O–H groups in total. The first-order valence-corrected chi connectivity index (χ1v) is 6.59. The van der Waals surface area contributed by atoms with Crippen LogP contribution in [0.5, 0.6) is 0 Å². The molecule has 3 aromatic rings. The highest BCUT2D eigenvalue weighted by Gasteiger charge is 2.18. The van der Waals surface area contributed by atoms with Crippen molar-refractivity contribution in [1.29, 1.82) is 0 Å². The van der Waals surface area contributed by atoms with Crippen LogP contribution in [0.25, 0.3) is 16.8 Å². The van der Waals surface area contributed by atoms with Crippen LogP contribution in [0.15, 0.2) is 41.2 Å². The fraction of sp³-hybridized carbons (Fsp3) is 0.0714. The van der Waals surface area contributed by atoms with Crippen molar-refractivity contribution in [2.45, 2.75) is 0 Å². The molecule has 0 radical (unpaired) electrons. The van der Waals surface area contributed by atoms with Gasteiger partial charge in [-0.05, 0) is 5.56 Å². The van der Waals surface area contributed by atoms with Crippen molar-refractivity contribution in [1.82, 2.24) is 14.6 Å². The van der Waals surface area contributed by atoms with Gasteiger partial charge in [-0.25, -0.2) is 14.2 Å². The van der Waals surface area contributed by atoms with Crippen LogP contribution >= 0.6 is 11.6 Å². The molecule has 0 bridgehead atoms. The third-order valence-electron chi connectivity index (χ3n) is 3.03. The van der Waals surface area contributed by atoms with E-state index < -0.39 is 18.4 Å². The number of ether oxygens (including phenoxy) is 1. The number of fused-ring (bicyclic) bond motifs is 1. The molecule has 0 aliphatic carbocycles. The van der Waals surface area contributed by atoms with Gasteiger partial charge in [0.2, 0.25) is 6.86 Å². The molecule has 0 saturated carbocycles. The number of hydrogen-bond donors (Lipinski definition) is 1. The number of alkyl halides is 1. The minimum Gasteiger partial charge on any atom is -0.429 e. The summed E-state index contributed by atoms with van der Waals surface area (Å²) in [4.78, 5) is 27.7. The minimum atomic E-state index is -1.29. The fourth-order valence-corrected chi connectivity index (χ4v) is 2.38. The Balaban J connectivity index is 2.27. The zero-order chi connectivity index (χ0) is 15.7. The zero-order valence-electron chi connectivity index (χ0n) is 11.0. The lowest BCUT2D eigenvalue weighted by Gasteiger charge is -2.02. The SMILES string of the molecule is O=C(OCF)c1cc(=O)n2[nH]c(Cl)c(-c3ccccc3)c2n1. The smallest absolute Gasteiger partial charge is 0.359 e. The third-order valence-corrected chi connectivity index (χ3v) is 3.30. The molecule has 3 rings (SSSR count). The van der Waals surface area contributed by atoms with E-state index in [1.54, 1.807) is 24.3 Å². The minimum absolute atomic E-state index is 0.162. The maximum absolute atomic E-state index is 12.1. The van der Waals surface area contributed by atoms with Crippen LogP contribution in [0.4, 0.5) is 4.39 Å². The molecule has 0 spiro atoms. The van der Waals surface area contributed by atoms with E-state index in [-0.39, 0.29) is 16.5 Å². The van der Waals surface area contributed by atoms with E-state index in [1.807, 2.05) is 6.07 Å². The van der Waals surface area contributed by atoms with Gasteiger partial charge in [0.15, 0.2) is 11.3 Å². The highest BCUT2D eigenvalue weighted by atomic mass is 35.5. The number of rotatable bonds is 3. The van der Waals surface area contributed by atoms with Gasteiger partial charge in [-0.15, -0.1) is 0 Å². The lowest BCUT2D eigenvalue weighted by Crippen LogP contribution is -2.18. The molecule has 1 aromatic carbocycles. The Morgan fingerprint density at radius 1 is 1.36 bits per heavy atom. The summed E-state index contributed by atoms with van der Waals surface area (Å²) in [5.74, 6) is -1.02. The Morgan fingerprint density at radius 3 is 2.77 bits per heavy atom. The molecular formula is C14H9ClFN3O3. The highest BCUT2D eigenvalue weighted by Crippen LogP contribution is 2.29. The summed E-state index contributed by atoms with van der Waals surface area (Å²) in [6, 6.07) is 9.95. The van der Waals surface area contributed by atoms with Crippen LogP contribution in [0.3, 0.4) is 0 Å². The normalized spacial score (nSPS) is 10.8. The Kier molecular flexibility index (Phi) is 3.64. The molecule has 0 saturated heterocycles. The van der Waals surface area contributed by atoms with E-state index in [0.29, 0.717) is 11.1 Å². The van der Waals surface area contributed by atoms with Gasteiger partial charge in [-0.1, -0.05) is 41.9 Å². The topological polar surface area (TPSA) is 76.5 Å². The van der Waals surface area contributed by atoms with Gasteiger partial charge in [0.25, 0.3) is 5.56 Å². The molecule has 22 heavy (non-hydrogen) atoms. The number of carbonyl (C=O) groups is 1. The van der Waals surface area contributed by atoms with Crippen LogP contribution in [-0.4, -0.2) is 27.4 Å². The van der Waals surface area contributed by atoms with Crippen LogP contribution < -0.4 is 5.56 Å². The van der Waals surface area contributed by atoms with E-state index in [2.05, 4.69) is 14.8 Å². The summed E-state index contributed by atoms with van der Waals surface area (Å²) in [5, 5.41) is 2.87. The second-order valence-electron chi connectivity index (χ2n) is 4.35. The zero-order valence-corrected chi connectivity index (χ0v) is 11.8. The molecule has 0 amide bonds. The number of nitrogens with one attached hydrogen (secondary N) is 1. The van der Waals surface area contributed by atoms with Gasteiger partial charge in [0.1, 0.15) is 5.15 Å². The summed E-state index contributed by atoms with van der Waals surface area (Å²) < 4.78 is 17.4. The molecule has 8 heteroatoms. The molecule has 0 fully saturated rings. The van der Waals surface area contributed by atoms with Crippen molar-refractivity contribution in [2.75, 3.05) is 6.86 Å². The molecule has 0 atom stereocenters. The molecule has 0 aliphatic heterocycles. The highest BCUT2D eigenvalue weighted by molar-refractivity contribution is 6.33. The number of aromatic nitrogens is 3. The second-order valence-corrected chi connectivity index (χ2v) is 4.72. The van der Waals surface area contributed by atoms with E-state index in [9.17, 15) is 14.0 Å². The van der Waals surface area contributed by atoms with Gasteiger partial charge >= 0.3 is 5.97 Å². The van der Waals surface area contributed by atoms with Crippen LogP contribution in [0.1, 0.15) is 10.5 Å². The number of esters is 1. The van der Waals surface area contributed by atoms with E-state index in [0.717, 1.165) is 10.6 Å². The van der Waals surface area contributed by atoms with Crippen LogP contribution in [-0.2, 0) is 4.74 Å². The third kappa shape index (κ3) is 2.35. The number of aromatic amines is 1. The van der Waals surface area contributed by atoms with Gasteiger partial charge < -0.3 is 4.74 Å². The maximum Gasteiger partial charge on any atom is 0.359 e. The predicted octanol–water partition coefficient (Wildman–Crippen LogP) is 2.43. The fourth-order valence-electron chi connectivity index (χ4n) is 2.10. The number of halogens is 2. The van der Waals surface area contributed by atoms with Crippen molar-refractivity contribution < 1.29 is 13.9 Å². The standard InChI is InChI=1S/C14H9ClFN3O3/c15-12-11(8-4-2-1-3-5-8)13-17-9(14(21)22-7-16)6-10(20)19(13)18-12/h1-6,18H,7H2. The first-order chi connectivity index (χ1) is 10.6. The first kappa shape index (κ1) is 14.3. The summed E-state index contributed by atoms with van der Waals surface area (Å²) in [6.45, 7) is -1.29. The quantitative estimate of drug-likeness (QED) is 0.752. The Labute approximate surface area is 128 Å². The molecule has 2 heterocycles. The number of nitrogens with zero attached hydrogens (tertiary/aromatic N) is 2. The predicted molar refractivity (Wildman–Crippen MR) is 77.6 cm³/mol. The van der Waals surface area contributed by atoms with Gasteiger partial charge in [-0.2, -0.15) is 4.52 Å². The van der Waals surface area contributed by atoms with Crippen LogP contribution in [0.2, 0.25) is 5.15 Å². The number of hydrogen-bond acceptors (Lipinski definition) is 4. The second kappa shape index (κ2) is 5.61. The van der Waals surface area contributed by atoms with Crippen molar-refractivity contribution in [3.63, 3.8) is 0 Å². The average molecular weight is 322 g/mol. The number of carbonyl (C=O) groups excluding carboxylic acids is 1. The summed E-state index contributed by atoms with van der Waals surface area (Å²) >= 11 is 6.14. The van der Waals surface area contributed by atoms with Crippen molar-refractivity contribution in [3.8, 4) is 11.1 Å². The molecule has 0 unspecified atom stereocenters. The lowest BCUT2D eigenvalue weighted by molar-refractivity contribution is 0.0317. The van der Waals surface area contributed by atoms with Crippen molar-refractivity contribution >= 4 is 23.2 Å². The average Bonchev–Trinajstić information content (AvgIpc) is 2.85. The van der Waals surface area contributed by atoms with Crippen LogP contribution in [0, 0.1) is 0 Å². The van der Waals surface area contributed by atoms with E-state index in [1.165, 1.54) is 0 Å². The van der Waals surface area contributed by atoms with Gasteiger partial charge in [-0.3, -0.25) is 9.89 Å². The number of H-pyrrole nitrogens is 1. The Bertz CT molecular complexity index is 905. The van der Waals surface area contributed by atoms with Gasteiger partial charge in [0, 0.05) is 6.07 Å². The Hall–Kier alpha value is -2.67. The number of benzene rings is 1. The Morgan fingerprint density at radius 2 is 2.09 bits per heavy atom. The lowest BCUT2D eigenvalue weighted by atomic mass is 10.1. The summed E-state index contributed by atoms with van der Waals surface area (Å²) in [7, 11) is 0. The molecular weight excluding hydrogens is 313 g/mol. The maximum atomic E-state index is 12.1. The van der Waals surface area contributed by atoms with Crippen molar-refractivity contribution in [3.05, 3.63) is 57.6 Å². The molecule has 6 nitrogen and oxygen atoms in total. The first-order valence-electron chi connectivity index (χ1n) is 6.21. The van der Waals surface area contributed by atoms with Crippen molar-refractivity contribution in [2.24, 2.45) is 0 Å². The van der Waals surface area contributed by atoms with Gasteiger partial charge in [0.05, 0.1) is 5.56 Å². The molecule has 112 valence electrons. The monoisotopic (exact) mass is 321 g/mol. The molecule has 2 aromatic heterocycles. The summed E-state index contributed by atoms with van der Waals surface area (Å²) in [6.07, 6.45) is 0.